The summed E-state index contributed by atoms with van der Waals surface area (Å²) in [6, 6.07) is 11.9. The van der Waals surface area contributed by atoms with Crippen LogP contribution in [-0.2, 0) is 6.61 Å². The largest absolute Gasteiger partial charge is 0.492 e. The van der Waals surface area contributed by atoms with Crippen LogP contribution in [-0.4, -0.2) is 29.2 Å². The zero-order chi connectivity index (χ0) is 20.6. The molecule has 2 aromatic carbocycles. The molecular weight excluding hydrogens is 417 g/mol. The first-order valence-corrected chi connectivity index (χ1v) is 9.65. The van der Waals surface area contributed by atoms with Gasteiger partial charge in [0, 0.05) is 24.1 Å². The Balaban J connectivity index is 1.37. The molecule has 3 rings (SSSR count). The number of carbonyl (C=O) groups is 1. The van der Waals surface area contributed by atoms with Crippen LogP contribution in [0.1, 0.15) is 28.5 Å². The van der Waals surface area contributed by atoms with Gasteiger partial charge < -0.3 is 19.3 Å². The van der Waals surface area contributed by atoms with Gasteiger partial charge in [-0.05, 0) is 48.9 Å². The van der Waals surface area contributed by atoms with E-state index in [4.69, 9.17) is 37.2 Å². The molecular formula is C20H19Cl2N3O4. The van der Waals surface area contributed by atoms with Crippen LogP contribution in [0.4, 0.5) is 0 Å². The van der Waals surface area contributed by atoms with Crippen LogP contribution in [0.15, 0.2) is 47.0 Å². The Morgan fingerprint density at radius 3 is 2.62 bits per heavy atom. The Morgan fingerprint density at radius 1 is 1.14 bits per heavy atom. The third kappa shape index (κ3) is 6.37. The van der Waals surface area contributed by atoms with Gasteiger partial charge in [0.1, 0.15) is 11.5 Å². The molecule has 9 heteroatoms. The van der Waals surface area contributed by atoms with Crippen LogP contribution in [0.3, 0.4) is 0 Å². The average molecular weight is 436 g/mol. The highest BCUT2D eigenvalue weighted by atomic mass is 35.5. The Hall–Kier alpha value is -2.77. The van der Waals surface area contributed by atoms with Crippen LogP contribution in [0, 0.1) is 6.92 Å². The number of amides is 1. The lowest BCUT2D eigenvalue weighted by Crippen LogP contribution is -2.25. The summed E-state index contributed by atoms with van der Waals surface area (Å²) in [5.41, 5.74) is 0.536. The van der Waals surface area contributed by atoms with Crippen molar-refractivity contribution in [3.05, 3.63) is 69.8 Å². The van der Waals surface area contributed by atoms with E-state index >= 15 is 0 Å². The normalized spacial score (nSPS) is 10.6. The van der Waals surface area contributed by atoms with Crippen molar-refractivity contribution in [2.24, 2.45) is 0 Å². The smallest absolute Gasteiger partial charge is 0.251 e. The van der Waals surface area contributed by atoms with Crippen molar-refractivity contribution in [3.63, 3.8) is 0 Å². The van der Waals surface area contributed by atoms with Crippen molar-refractivity contribution in [1.29, 1.82) is 0 Å². The van der Waals surface area contributed by atoms with Crippen LogP contribution in [0.5, 0.6) is 11.5 Å². The van der Waals surface area contributed by atoms with Crippen LogP contribution in [0.2, 0.25) is 10.0 Å². The number of halogens is 2. The van der Waals surface area contributed by atoms with Crippen LogP contribution >= 0.6 is 23.2 Å². The first-order valence-electron chi connectivity index (χ1n) is 8.89. The molecule has 0 aliphatic heterocycles. The maximum atomic E-state index is 12.2. The molecule has 0 fully saturated rings. The van der Waals surface area contributed by atoms with E-state index in [0.717, 1.165) is 0 Å². The predicted molar refractivity (Wildman–Crippen MR) is 109 cm³/mol. The summed E-state index contributed by atoms with van der Waals surface area (Å²) in [6.07, 6.45) is 0.635. The molecule has 152 valence electrons. The number of nitrogens with one attached hydrogen (secondary N) is 1. The van der Waals surface area contributed by atoms with E-state index in [2.05, 4.69) is 15.5 Å². The van der Waals surface area contributed by atoms with E-state index in [-0.39, 0.29) is 12.5 Å². The second kappa shape index (κ2) is 10.1. The lowest BCUT2D eigenvalue weighted by Gasteiger charge is -2.09. The highest BCUT2D eigenvalue weighted by Crippen LogP contribution is 2.27. The van der Waals surface area contributed by atoms with E-state index < -0.39 is 0 Å². The molecule has 1 aromatic heterocycles. The van der Waals surface area contributed by atoms with E-state index in [1.54, 1.807) is 49.4 Å². The van der Waals surface area contributed by atoms with Gasteiger partial charge in [0.2, 0.25) is 11.7 Å². The second-order valence-corrected chi connectivity index (χ2v) is 6.92. The summed E-state index contributed by atoms with van der Waals surface area (Å²) in [7, 11) is 0. The van der Waals surface area contributed by atoms with Crippen molar-refractivity contribution >= 4 is 29.1 Å². The van der Waals surface area contributed by atoms with Crippen molar-refractivity contribution in [2.75, 3.05) is 13.2 Å². The molecule has 0 atom stereocenters. The average Bonchev–Trinajstić information content (AvgIpc) is 3.13. The summed E-state index contributed by atoms with van der Waals surface area (Å²) in [5.74, 6) is 1.95. The molecule has 1 N–H and O–H groups in total. The molecule has 1 heterocycles. The molecule has 0 spiro atoms. The zero-order valence-electron chi connectivity index (χ0n) is 15.7. The minimum Gasteiger partial charge on any atom is -0.492 e. The second-order valence-electron chi connectivity index (χ2n) is 6.08. The third-order valence-corrected chi connectivity index (χ3v) is 4.34. The maximum absolute atomic E-state index is 12.2. The molecule has 0 unspecified atom stereocenters. The quantitative estimate of drug-likeness (QED) is 0.499. The lowest BCUT2D eigenvalue weighted by molar-refractivity contribution is 0.0951. The van der Waals surface area contributed by atoms with E-state index in [1.807, 2.05) is 0 Å². The summed E-state index contributed by atoms with van der Waals surface area (Å²) in [6.45, 7) is 2.80. The van der Waals surface area contributed by atoms with Gasteiger partial charge in [-0.25, -0.2) is 0 Å². The summed E-state index contributed by atoms with van der Waals surface area (Å²) in [4.78, 5) is 16.3. The molecule has 0 bridgehead atoms. The van der Waals surface area contributed by atoms with Gasteiger partial charge in [-0.3, -0.25) is 4.79 Å². The SMILES string of the molecule is Cc1nc(COc2ccc(C(=O)NCCCOc3ccc(Cl)cc3Cl)cc2)no1. The van der Waals surface area contributed by atoms with Gasteiger partial charge in [-0.15, -0.1) is 0 Å². The van der Waals surface area contributed by atoms with Crippen molar-refractivity contribution in [2.45, 2.75) is 20.0 Å². The number of ether oxygens (including phenoxy) is 2. The minimum atomic E-state index is -0.171. The minimum absolute atomic E-state index is 0.171. The standard InChI is InChI=1S/C20H19Cl2N3O4/c1-13-24-19(25-29-13)12-28-16-6-3-14(4-7-16)20(26)23-9-2-10-27-18-8-5-15(21)11-17(18)22/h3-8,11H,2,9-10,12H2,1H3,(H,23,26). The number of carbonyl (C=O) groups excluding carboxylic acids is 1. The van der Waals surface area contributed by atoms with Crippen molar-refractivity contribution < 1.29 is 18.8 Å². The van der Waals surface area contributed by atoms with E-state index in [9.17, 15) is 4.79 Å². The fourth-order valence-electron chi connectivity index (χ4n) is 2.40. The monoisotopic (exact) mass is 435 g/mol. The molecule has 0 aliphatic rings. The molecule has 0 saturated heterocycles. The molecule has 0 aliphatic carbocycles. The summed E-state index contributed by atoms with van der Waals surface area (Å²) < 4.78 is 16.0. The van der Waals surface area contributed by atoms with Gasteiger partial charge in [0.05, 0.1) is 11.6 Å². The Morgan fingerprint density at radius 2 is 1.93 bits per heavy atom. The first-order chi connectivity index (χ1) is 14.0. The highest BCUT2D eigenvalue weighted by Gasteiger charge is 2.07. The fourth-order valence-corrected chi connectivity index (χ4v) is 2.86. The first kappa shape index (κ1) is 21.0. The number of hydrogen-bond donors (Lipinski definition) is 1. The van der Waals surface area contributed by atoms with E-state index in [1.165, 1.54) is 0 Å². The van der Waals surface area contributed by atoms with Gasteiger partial charge >= 0.3 is 0 Å². The van der Waals surface area contributed by atoms with E-state index in [0.29, 0.717) is 58.4 Å². The predicted octanol–water partition coefficient (Wildman–Crippen LogP) is 4.46. The maximum Gasteiger partial charge on any atom is 0.251 e. The highest BCUT2D eigenvalue weighted by molar-refractivity contribution is 6.35. The number of hydrogen-bond acceptors (Lipinski definition) is 6. The molecule has 7 nitrogen and oxygen atoms in total. The third-order valence-electron chi connectivity index (χ3n) is 3.81. The summed E-state index contributed by atoms with van der Waals surface area (Å²) in [5, 5.41) is 7.61. The van der Waals surface area contributed by atoms with Crippen LogP contribution < -0.4 is 14.8 Å². The topological polar surface area (TPSA) is 86.5 Å². The molecule has 29 heavy (non-hydrogen) atoms. The number of rotatable bonds is 9. The number of nitrogens with zero attached hydrogens (tertiary/aromatic N) is 2. The number of benzene rings is 2. The van der Waals surface area contributed by atoms with Gasteiger partial charge in [-0.2, -0.15) is 4.98 Å². The van der Waals surface area contributed by atoms with Gasteiger partial charge in [-0.1, -0.05) is 28.4 Å². The summed E-state index contributed by atoms with van der Waals surface area (Å²) >= 11 is 11.9. The Bertz CT molecular complexity index is 961. The van der Waals surface area contributed by atoms with Crippen molar-refractivity contribution in [1.82, 2.24) is 15.5 Å². The van der Waals surface area contributed by atoms with Crippen LogP contribution in [0.25, 0.3) is 0 Å². The molecule has 1 amide bonds. The molecule has 0 saturated carbocycles. The molecule has 0 radical (unpaired) electrons. The molecule has 3 aromatic rings. The zero-order valence-corrected chi connectivity index (χ0v) is 17.2. The van der Waals surface area contributed by atoms with Gasteiger partial charge in [0.15, 0.2) is 6.61 Å². The Labute approximate surface area is 177 Å². The lowest BCUT2D eigenvalue weighted by atomic mass is 10.2. The Kier molecular flexibility index (Phi) is 7.32. The number of aromatic nitrogens is 2. The van der Waals surface area contributed by atoms with Crippen molar-refractivity contribution in [3.8, 4) is 11.5 Å². The number of aryl methyl sites for hydroxylation is 1. The van der Waals surface area contributed by atoms with Gasteiger partial charge in [0.25, 0.3) is 5.91 Å². The fraction of sp³-hybridized carbons (Fsp3) is 0.250.